The molecule has 18 heteroatoms. The van der Waals surface area contributed by atoms with E-state index in [1.807, 2.05) is 0 Å². The SMILES string of the molecule is CC1(C)Oc2ccc(C#N)cc2[C@H](N2CCCC2=O)[C@H]1OP(=O)(O)OCCOP(=O)(O)O[C@@H]1[C@@H](N2CCCC2=O)c2cc(C#N)ccc2OC1(C)C. The number of hydrogen-bond acceptors (Lipinski definition) is 12. The third-order valence-corrected chi connectivity index (χ3v) is 11.6. The number of likely N-dealkylation sites (tertiary alicyclic amines) is 2. The maximum Gasteiger partial charge on any atom is 0.472 e. The molecule has 0 radical (unpaired) electrons. The predicted molar refractivity (Wildman–Crippen MR) is 180 cm³/mol. The van der Waals surface area contributed by atoms with Crippen molar-refractivity contribution in [3.63, 3.8) is 0 Å². The molecule has 2 saturated heterocycles. The van der Waals surface area contributed by atoms with Crippen molar-refractivity contribution in [2.24, 2.45) is 0 Å². The van der Waals surface area contributed by atoms with E-state index in [0.29, 0.717) is 59.7 Å². The van der Waals surface area contributed by atoms with E-state index in [-0.39, 0.29) is 24.7 Å². The Morgan fingerprint density at radius 1 is 0.750 bits per heavy atom. The molecule has 2 amide bonds. The standard InChI is InChI=1S/C34H40N4O12P2/c1-33(2)31(29(37-13-5-7-27(37)39)23-17-21(19-35)9-11-25(23)47-33)49-51(41,42)45-15-16-46-52(43,44)50-32-30(38-14-6-8-28(38)40)24-18-22(20-36)10-12-26(24)48-34(32,3)4/h9-12,17-18,29-32H,5-8,13-16H2,1-4H3,(H,41,42)(H,43,44)/t29-,30-,31+,32+/m0/s1. The molecular weight excluding hydrogens is 718 g/mol. The molecule has 52 heavy (non-hydrogen) atoms. The number of rotatable bonds is 11. The second-order valence-corrected chi connectivity index (χ2v) is 16.9. The molecule has 4 aliphatic heterocycles. The summed E-state index contributed by atoms with van der Waals surface area (Å²) in [5.74, 6) is 0.405. The number of phosphoric acid groups is 2. The van der Waals surface area contributed by atoms with Gasteiger partial charge in [0.15, 0.2) is 0 Å². The smallest absolute Gasteiger partial charge is 0.472 e. The maximum atomic E-state index is 13.4. The van der Waals surface area contributed by atoms with Gasteiger partial charge in [0.2, 0.25) is 11.8 Å². The Kier molecular flexibility index (Phi) is 10.4. The van der Waals surface area contributed by atoms with Gasteiger partial charge in [-0.1, -0.05) is 0 Å². The van der Waals surface area contributed by atoms with Crippen molar-refractivity contribution in [1.29, 1.82) is 10.5 Å². The van der Waals surface area contributed by atoms with E-state index in [2.05, 4.69) is 12.1 Å². The summed E-state index contributed by atoms with van der Waals surface area (Å²) in [6.45, 7) is 5.86. The molecule has 0 saturated carbocycles. The number of carbonyl (C=O) groups is 2. The number of ether oxygens (including phenoxy) is 2. The minimum atomic E-state index is -4.95. The molecule has 0 aromatic heterocycles. The largest absolute Gasteiger partial charge is 0.485 e. The fourth-order valence-corrected chi connectivity index (χ4v) is 9.31. The lowest BCUT2D eigenvalue weighted by atomic mass is 9.85. The number of fused-ring (bicyclic) bond motifs is 2. The predicted octanol–water partition coefficient (Wildman–Crippen LogP) is 4.80. The van der Waals surface area contributed by atoms with Crippen LogP contribution in [0.15, 0.2) is 36.4 Å². The Labute approximate surface area is 300 Å². The van der Waals surface area contributed by atoms with E-state index in [1.165, 1.54) is 9.80 Å². The summed E-state index contributed by atoms with van der Waals surface area (Å²) in [4.78, 5) is 50.6. The topological polar surface area (TPSA) is 218 Å². The van der Waals surface area contributed by atoms with Gasteiger partial charge in [0.25, 0.3) is 0 Å². The van der Waals surface area contributed by atoms with Gasteiger partial charge in [0.05, 0.1) is 48.6 Å². The van der Waals surface area contributed by atoms with E-state index >= 15 is 0 Å². The van der Waals surface area contributed by atoms with Gasteiger partial charge in [0, 0.05) is 37.1 Å². The van der Waals surface area contributed by atoms with Crippen molar-refractivity contribution in [3.05, 3.63) is 58.7 Å². The second-order valence-electron chi connectivity index (χ2n) is 14.1. The molecule has 2 aromatic rings. The molecule has 6 rings (SSSR count). The minimum Gasteiger partial charge on any atom is -0.485 e. The highest BCUT2D eigenvalue weighted by atomic mass is 31.2. The van der Waals surface area contributed by atoms with Crippen molar-refractivity contribution in [1.82, 2.24) is 9.80 Å². The highest BCUT2D eigenvalue weighted by Gasteiger charge is 2.54. The normalized spacial score (nSPS) is 26.9. The Hall–Kier alpha value is -3.82. The average Bonchev–Trinajstić information content (AvgIpc) is 3.70. The first kappa shape index (κ1) is 37.9. The van der Waals surface area contributed by atoms with Gasteiger partial charge in [-0.15, -0.1) is 0 Å². The van der Waals surface area contributed by atoms with Crippen LogP contribution >= 0.6 is 15.6 Å². The summed E-state index contributed by atoms with van der Waals surface area (Å²) in [5.41, 5.74) is -1.03. The van der Waals surface area contributed by atoms with Crippen LogP contribution in [0.5, 0.6) is 11.5 Å². The molecule has 2 fully saturated rings. The molecule has 0 bridgehead atoms. The lowest BCUT2D eigenvalue weighted by Crippen LogP contribution is -2.54. The van der Waals surface area contributed by atoms with E-state index in [4.69, 9.17) is 27.6 Å². The van der Waals surface area contributed by atoms with Crippen LogP contribution in [0.25, 0.3) is 0 Å². The van der Waals surface area contributed by atoms with Gasteiger partial charge in [-0.25, -0.2) is 9.13 Å². The molecule has 6 atom stereocenters. The molecule has 2 N–H and O–H groups in total. The fourth-order valence-electron chi connectivity index (χ4n) is 7.26. The lowest BCUT2D eigenvalue weighted by molar-refractivity contribution is -0.140. The summed E-state index contributed by atoms with van der Waals surface area (Å²) in [6, 6.07) is 11.8. The van der Waals surface area contributed by atoms with Crippen molar-refractivity contribution in [3.8, 4) is 23.6 Å². The van der Waals surface area contributed by atoms with E-state index < -0.39 is 64.4 Å². The van der Waals surface area contributed by atoms with Crippen LogP contribution in [0, 0.1) is 22.7 Å². The van der Waals surface area contributed by atoms with E-state index in [0.717, 1.165) is 0 Å². The third-order valence-electron chi connectivity index (χ3n) is 9.58. The zero-order valence-electron chi connectivity index (χ0n) is 29.1. The number of hydrogen-bond donors (Lipinski definition) is 2. The highest BCUT2D eigenvalue weighted by Crippen LogP contribution is 2.56. The monoisotopic (exact) mass is 758 g/mol. The van der Waals surface area contributed by atoms with Gasteiger partial charge in [-0.2, -0.15) is 10.5 Å². The van der Waals surface area contributed by atoms with E-state index in [9.17, 15) is 39.0 Å². The average molecular weight is 759 g/mol. The van der Waals surface area contributed by atoms with Gasteiger partial charge in [-0.05, 0) is 76.9 Å². The summed E-state index contributed by atoms with van der Waals surface area (Å²) < 4.78 is 60.7. The summed E-state index contributed by atoms with van der Waals surface area (Å²) >= 11 is 0. The van der Waals surface area contributed by atoms with Crippen molar-refractivity contribution in [2.75, 3.05) is 26.3 Å². The first-order valence-electron chi connectivity index (χ1n) is 16.8. The Morgan fingerprint density at radius 2 is 1.13 bits per heavy atom. The number of phosphoric ester groups is 2. The van der Waals surface area contributed by atoms with Gasteiger partial charge < -0.3 is 29.1 Å². The molecule has 16 nitrogen and oxygen atoms in total. The third kappa shape index (κ3) is 7.63. The molecule has 4 heterocycles. The molecule has 2 unspecified atom stereocenters. The van der Waals surface area contributed by atoms with Crippen LogP contribution in [0.4, 0.5) is 0 Å². The number of carbonyl (C=O) groups excluding carboxylic acids is 2. The number of amides is 2. The van der Waals surface area contributed by atoms with Crippen molar-refractivity contribution in [2.45, 2.75) is 88.9 Å². The molecule has 278 valence electrons. The zero-order valence-corrected chi connectivity index (χ0v) is 30.9. The number of nitrogens with zero attached hydrogens (tertiary/aromatic N) is 4. The first-order chi connectivity index (χ1) is 24.4. The Morgan fingerprint density at radius 3 is 1.46 bits per heavy atom. The van der Waals surface area contributed by atoms with Gasteiger partial charge in [-0.3, -0.25) is 27.7 Å². The fraction of sp³-hybridized carbons (Fsp3) is 0.529. The number of nitriles is 2. The van der Waals surface area contributed by atoms with Crippen LogP contribution in [0.1, 0.15) is 87.7 Å². The van der Waals surface area contributed by atoms with Crippen LogP contribution in [0.3, 0.4) is 0 Å². The van der Waals surface area contributed by atoms with Crippen LogP contribution in [-0.2, 0) is 36.8 Å². The highest BCUT2D eigenvalue weighted by molar-refractivity contribution is 7.47. The quantitative estimate of drug-likeness (QED) is 0.232. The van der Waals surface area contributed by atoms with Crippen molar-refractivity contribution < 1.29 is 56.1 Å². The summed E-state index contributed by atoms with van der Waals surface area (Å²) in [7, 11) is -9.90. The molecule has 0 aliphatic carbocycles. The molecule has 4 aliphatic rings. The van der Waals surface area contributed by atoms with E-state index in [1.54, 1.807) is 64.1 Å². The Bertz CT molecular complexity index is 1800. The summed E-state index contributed by atoms with van der Waals surface area (Å²) in [5, 5.41) is 19.1. The van der Waals surface area contributed by atoms with Crippen LogP contribution in [0.2, 0.25) is 0 Å². The summed E-state index contributed by atoms with van der Waals surface area (Å²) in [6.07, 6.45) is -0.781. The maximum absolute atomic E-state index is 13.4. The zero-order chi connectivity index (χ0) is 37.6. The van der Waals surface area contributed by atoms with Crippen LogP contribution in [-0.4, -0.2) is 81.1 Å². The second kappa shape index (κ2) is 14.2. The molecule has 2 aromatic carbocycles. The van der Waals surface area contributed by atoms with Gasteiger partial charge >= 0.3 is 15.6 Å². The van der Waals surface area contributed by atoms with Crippen LogP contribution < -0.4 is 9.47 Å². The lowest BCUT2D eigenvalue weighted by Gasteiger charge is -2.47. The number of benzene rings is 2. The van der Waals surface area contributed by atoms with Crippen molar-refractivity contribution >= 4 is 27.5 Å². The Balaban J connectivity index is 1.15. The van der Waals surface area contributed by atoms with Gasteiger partial charge in [0.1, 0.15) is 34.9 Å². The molecular formula is C34H40N4O12P2. The first-order valence-corrected chi connectivity index (χ1v) is 19.8. The minimum absolute atomic E-state index is 0.192. The molecule has 0 spiro atoms.